The van der Waals surface area contributed by atoms with Gasteiger partial charge in [-0.1, -0.05) is 11.6 Å². The van der Waals surface area contributed by atoms with Crippen molar-refractivity contribution >= 4 is 34.6 Å². The highest BCUT2D eigenvalue weighted by atomic mass is 35.5. The Labute approximate surface area is 150 Å². The Balaban J connectivity index is 1.44. The Bertz CT molecular complexity index is 775. The number of carbonyl (C=O) groups excluding carboxylic acids is 2. The van der Waals surface area contributed by atoms with Gasteiger partial charge in [-0.15, -0.1) is 0 Å². The Morgan fingerprint density at radius 3 is 3.08 bits per heavy atom. The lowest BCUT2D eigenvalue weighted by atomic mass is 9.97. The van der Waals surface area contributed by atoms with Gasteiger partial charge >= 0.3 is 6.03 Å². The number of urea groups is 1. The van der Waals surface area contributed by atoms with Gasteiger partial charge in [0, 0.05) is 31.1 Å². The van der Waals surface area contributed by atoms with Crippen molar-refractivity contribution in [1.82, 2.24) is 20.2 Å². The van der Waals surface area contributed by atoms with Crippen molar-refractivity contribution in [2.24, 2.45) is 11.7 Å². The van der Waals surface area contributed by atoms with Crippen LogP contribution in [0, 0.1) is 5.92 Å². The van der Waals surface area contributed by atoms with Crippen LogP contribution in [0.2, 0.25) is 5.02 Å². The highest BCUT2D eigenvalue weighted by molar-refractivity contribution is 6.31. The molecule has 134 valence electrons. The van der Waals surface area contributed by atoms with Crippen LogP contribution in [0.25, 0.3) is 11.0 Å². The molecule has 0 spiro atoms. The third-order valence-electron chi connectivity index (χ3n) is 4.49. The molecular formula is C17H22ClN5O2. The van der Waals surface area contributed by atoms with Gasteiger partial charge in [0.25, 0.3) is 0 Å². The molecule has 1 unspecified atom stereocenters. The van der Waals surface area contributed by atoms with Crippen molar-refractivity contribution in [3.8, 4) is 0 Å². The Morgan fingerprint density at radius 2 is 2.28 bits per heavy atom. The van der Waals surface area contributed by atoms with E-state index in [9.17, 15) is 9.59 Å². The average Bonchev–Trinajstić information content (AvgIpc) is 3.00. The van der Waals surface area contributed by atoms with Crippen molar-refractivity contribution in [2.45, 2.75) is 25.7 Å². The average molecular weight is 364 g/mol. The first-order chi connectivity index (χ1) is 12.0. The Morgan fingerprint density at radius 1 is 1.44 bits per heavy atom. The van der Waals surface area contributed by atoms with Crippen LogP contribution in [0.3, 0.4) is 0 Å². The Kier molecular flexibility index (Phi) is 5.43. The molecule has 0 aliphatic carbocycles. The van der Waals surface area contributed by atoms with Crippen LogP contribution in [0.5, 0.6) is 0 Å². The summed E-state index contributed by atoms with van der Waals surface area (Å²) in [5, 5.41) is 3.62. The molecule has 0 saturated carbocycles. The van der Waals surface area contributed by atoms with E-state index in [2.05, 4.69) is 15.3 Å². The lowest BCUT2D eigenvalue weighted by Gasteiger charge is -2.30. The van der Waals surface area contributed by atoms with Crippen LogP contribution >= 0.6 is 11.6 Å². The summed E-state index contributed by atoms with van der Waals surface area (Å²) in [6.45, 7) is 1.62. The van der Waals surface area contributed by atoms with Gasteiger partial charge < -0.3 is 20.9 Å². The molecule has 1 fully saturated rings. The first kappa shape index (κ1) is 17.5. The zero-order chi connectivity index (χ0) is 17.8. The summed E-state index contributed by atoms with van der Waals surface area (Å²) in [5.41, 5.74) is 7.10. The molecule has 8 heteroatoms. The summed E-state index contributed by atoms with van der Waals surface area (Å²) in [7, 11) is 0. The number of H-pyrrole nitrogens is 1. The summed E-state index contributed by atoms with van der Waals surface area (Å²) in [6.07, 6.45) is 3.12. The number of halogens is 1. The highest BCUT2D eigenvalue weighted by Gasteiger charge is 2.27. The number of carbonyl (C=O) groups is 2. The maximum Gasteiger partial charge on any atom is 0.314 e. The van der Waals surface area contributed by atoms with Crippen LogP contribution in [-0.2, 0) is 11.2 Å². The monoisotopic (exact) mass is 363 g/mol. The molecule has 25 heavy (non-hydrogen) atoms. The van der Waals surface area contributed by atoms with Crippen molar-refractivity contribution in [1.29, 1.82) is 0 Å². The number of aromatic nitrogens is 2. The number of aryl methyl sites for hydroxylation is 1. The summed E-state index contributed by atoms with van der Waals surface area (Å²) in [5.74, 6) is 0.695. The molecule has 1 atom stereocenters. The standard InChI is InChI=1S/C17H22ClN5O2/c18-12-5-6-13-14(9-12)22-15(21-13)4-1-7-20-16(24)11-3-2-8-23(10-11)17(19)25/h5-6,9,11H,1-4,7-8,10H2,(H2,19,25)(H,20,24)(H,21,22). The van der Waals surface area contributed by atoms with Crippen LogP contribution in [0.4, 0.5) is 4.79 Å². The molecule has 1 saturated heterocycles. The third-order valence-corrected chi connectivity index (χ3v) is 4.72. The first-order valence-electron chi connectivity index (χ1n) is 8.49. The topological polar surface area (TPSA) is 104 Å². The maximum absolute atomic E-state index is 12.2. The van der Waals surface area contributed by atoms with Crippen LogP contribution < -0.4 is 11.1 Å². The van der Waals surface area contributed by atoms with Gasteiger partial charge in [0.15, 0.2) is 0 Å². The molecule has 4 N–H and O–H groups in total. The molecule has 1 aromatic carbocycles. The molecule has 7 nitrogen and oxygen atoms in total. The predicted octanol–water partition coefficient (Wildman–Crippen LogP) is 2.06. The normalized spacial score (nSPS) is 17.6. The fourth-order valence-electron chi connectivity index (χ4n) is 3.16. The number of nitrogens with one attached hydrogen (secondary N) is 2. The molecule has 3 amide bonds. The van der Waals surface area contributed by atoms with Gasteiger partial charge in [-0.05, 0) is 37.5 Å². The van der Waals surface area contributed by atoms with E-state index in [1.807, 2.05) is 18.2 Å². The van der Waals surface area contributed by atoms with E-state index in [1.165, 1.54) is 4.90 Å². The van der Waals surface area contributed by atoms with Gasteiger partial charge in [0.1, 0.15) is 5.82 Å². The van der Waals surface area contributed by atoms with E-state index in [-0.39, 0.29) is 11.8 Å². The molecule has 0 bridgehead atoms. The first-order valence-corrected chi connectivity index (χ1v) is 8.87. The van der Waals surface area contributed by atoms with Crippen molar-refractivity contribution in [3.05, 3.63) is 29.0 Å². The molecule has 1 aliphatic rings. The summed E-state index contributed by atoms with van der Waals surface area (Å²) >= 11 is 5.97. The van der Waals surface area contributed by atoms with Gasteiger partial charge in [-0.3, -0.25) is 4.79 Å². The van der Waals surface area contributed by atoms with Crippen molar-refractivity contribution < 1.29 is 9.59 Å². The van der Waals surface area contributed by atoms with E-state index < -0.39 is 6.03 Å². The fraction of sp³-hybridized carbons (Fsp3) is 0.471. The number of hydrogen-bond donors (Lipinski definition) is 3. The van der Waals surface area contributed by atoms with Gasteiger partial charge in [-0.2, -0.15) is 0 Å². The highest BCUT2D eigenvalue weighted by Crippen LogP contribution is 2.18. The minimum atomic E-state index is -0.456. The van der Waals surface area contributed by atoms with Crippen molar-refractivity contribution in [2.75, 3.05) is 19.6 Å². The largest absolute Gasteiger partial charge is 0.356 e. The van der Waals surface area contributed by atoms with E-state index >= 15 is 0 Å². The number of aromatic amines is 1. The molecule has 2 heterocycles. The number of primary amides is 1. The number of likely N-dealkylation sites (tertiary alicyclic amines) is 1. The zero-order valence-electron chi connectivity index (χ0n) is 13.9. The number of nitrogens with two attached hydrogens (primary N) is 1. The second-order valence-corrected chi connectivity index (χ2v) is 6.80. The summed E-state index contributed by atoms with van der Waals surface area (Å²) in [4.78, 5) is 32.7. The maximum atomic E-state index is 12.2. The SMILES string of the molecule is NC(=O)N1CCCC(C(=O)NCCCc2nc3ccc(Cl)cc3[nH]2)C1. The minimum Gasteiger partial charge on any atom is -0.356 e. The number of fused-ring (bicyclic) bond motifs is 1. The third kappa shape index (κ3) is 4.42. The molecule has 3 rings (SSSR count). The van der Waals surface area contributed by atoms with Gasteiger partial charge in [0.05, 0.1) is 17.0 Å². The lowest BCUT2D eigenvalue weighted by molar-refractivity contribution is -0.126. The quantitative estimate of drug-likeness (QED) is 0.708. The second kappa shape index (κ2) is 7.74. The summed E-state index contributed by atoms with van der Waals surface area (Å²) < 4.78 is 0. The van der Waals surface area contributed by atoms with Gasteiger partial charge in [-0.25, -0.2) is 9.78 Å². The number of imidazole rings is 1. The number of rotatable bonds is 5. The van der Waals surface area contributed by atoms with Gasteiger partial charge in [0.2, 0.25) is 5.91 Å². The smallest absolute Gasteiger partial charge is 0.314 e. The molecular weight excluding hydrogens is 342 g/mol. The lowest BCUT2D eigenvalue weighted by Crippen LogP contribution is -2.47. The summed E-state index contributed by atoms with van der Waals surface area (Å²) in [6, 6.07) is 5.09. The second-order valence-electron chi connectivity index (χ2n) is 6.36. The molecule has 1 aliphatic heterocycles. The minimum absolute atomic E-state index is 0.0117. The fourth-order valence-corrected chi connectivity index (χ4v) is 3.33. The predicted molar refractivity (Wildman–Crippen MR) is 96.3 cm³/mol. The Hall–Kier alpha value is -2.28. The number of amides is 3. The van der Waals surface area contributed by atoms with Crippen LogP contribution in [-0.4, -0.2) is 46.4 Å². The number of piperidine rings is 1. The molecule has 1 aromatic heterocycles. The van der Waals surface area contributed by atoms with Crippen LogP contribution in [0.1, 0.15) is 25.1 Å². The van der Waals surface area contributed by atoms with E-state index in [1.54, 1.807) is 0 Å². The van der Waals surface area contributed by atoms with Crippen LogP contribution in [0.15, 0.2) is 18.2 Å². The van der Waals surface area contributed by atoms with Crippen molar-refractivity contribution in [3.63, 3.8) is 0 Å². The molecule has 0 radical (unpaired) electrons. The molecule has 2 aromatic rings. The van der Waals surface area contributed by atoms with E-state index in [0.717, 1.165) is 42.5 Å². The van der Waals surface area contributed by atoms with E-state index in [0.29, 0.717) is 24.7 Å². The van der Waals surface area contributed by atoms with E-state index in [4.69, 9.17) is 17.3 Å². The zero-order valence-corrected chi connectivity index (χ0v) is 14.7. The number of benzene rings is 1. The number of hydrogen-bond acceptors (Lipinski definition) is 3. The number of nitrogens with zero attached hydrogens (tertiary/aromatic N) is 2.